The van der Waals surface area contributed by atoms with Gasteiger partial charge >= 0.3 is 6.18 Å². The molecular formula is C12H12F3N3OS. The fraction of sp³-hybridized carbons (Fsp3) is 0.333. The van der Waals surface area contributed by atoms with Crippen molar-refractivity contribution in [2.24, 2.45) is 0 Å². The molecule has 0 fully saturated rings. The van der Waals surface area contributed by atoms with Gasteiger partial charge in [0.2, 0.25) is 5.89 Å². The molecule has 1 heterocycles. The van der Waals surface area contributed by atoms with Crippen molar-refractivity contribution < 1.29 is 17.6 Å². The minimum absolute atomic E-state index is 0.216. The fourth-order valence-electron chi connectivity index (χ4n) is 1.41. The van der Waals surface area contributed by atoms with E-state index < -0.39 is 12.7 Å². The van der Waals surface area contributed by atoms with Crippen molar-refractivity contribution in [3.63, 3.8) is 0 Å². The van der Waals surface area contributed by atoms with E-state index in [1.165, 1.54) is 11.8 Å². The number of nitrogens with zero attached hydrogens (tertiary/aromatic N) is 2. The lowest BCUT2D eigenvalue weighted by molar-refractivity contribution is -0.124. The largest absolute Gasteiger partial charge is 0.411 e. The monoisotopic (exact) mass is 303 g/mol. The predicted octanol–water partition coefficient (Wildman–Crippen LogP) is 2.98. The molecule has 0 saturated heterocycles. The van der Waals surface area contributed by atoms with E-state index in [1.807, 2.05) is 30.3 Å². The van der Waals surface area contributed by atoms with Crippen molar-refractivity contribution in [1.29, 1.82) is 0 Å². The van der Waals surface area contributed by atoms with Crippen LogP contribution < -0.4 is 5.32 Å². The number of hydrogen-bond donors (Lipinski definition) is 1. The lowest BCUT2D eigenvalue weighted by atomic mass is 10.2. The molecular weight excluding hydrogens is 291 g/mol. The van der Waals surface area contributed by atoms with Crippen molar-refractivity contribution >= 4 is 11.8 Å². The molecule has 0 bridgehead atoms. The van der Waals surface area contributed by atoms with E-state index in [1.54, 1.807) is 0 Å². The van der Waals surface area contributed by atoms with Crippen LogP contribution in [0.1, 0.15) is 0 Å². The topological polar surface area (TPSA) is 51.0 Å². The summed E-state index contributed by atoms with van der Waals surface area (Å²) in [5, 5.41) is 10.4. The molecule has 0 amide bonds. The van der Waals surface area contributed by atoms with Crippen LogP contribution in [0.5, 0.6) is 0 Å². The van der Waals surface area contributed by atoms with E-state index in [0.29, 0.717) is 16.9 Å². The van der Waals surface area contributed by atoms with E-state index >= 15 is 0 Å². The molecule has 4 nitrogen and oxygen atoms in total. The summed E-state index contributed by atoms with van der Waals surface area (Å²) in [5.74, 6) is 0.823. The zero-order chi connectivity index (χ0) is 14.4. The Morgan fingerprint density at radius 1 is 1.15 bits per heavy atom. The normalized spacial score (nSPS) is 11.8. The minimum atomic E-state index is -4.18. The molecule has 0 atom stereocenters. The van der Waals surface area contributed by atoms with Crippen molar-refractivity contribution in [3.8, 4) is 11.5 Å². The Bertz CT molecular complexity index is 530. The molecule has 0 spiro atoms. The SMILES string of the molecule is FC(F)(F)CNCCSc1nnc(-c2ccccc2)o1. The molecule has 0 radical (unpaired) electrons. The van der Waals surface area contributed by atoms with Gasteiger partial charge in [0.15, 0.2) is 0 Å². The Morgan fingerprint density at radius 3 is 2.60 bits per heavy atom. The van der Waals surface area contributed by atoms with E-state index in [4.69, 9.17) is 4.42 Å². The van der Waals surface area contributed by atoms with Crippen LogP contribution in [0.4, 0.5) is 13.2 Å². The lowest BCUT2D eigenvalue weighted by Gasteiger charge is -2.06. The second kappa shape index (κ2) is 6.76. The summed E-state index contributed by atoms with van der Waals surface area (Å²) in [4.78, 5) is 0. The first-order valence-electron chi connectivity index (χ1n) is 5.84. The van der Waals surface area contributed by atoms with Gasteiger partial charge in [0.05, 0.1) is 6.54 Å². The van der Waals surface area contributed by atoms with E-state index in [0.717, 1.165) is 5.56 Å². The van der Waals surface area contributed by atoms with Crippen molar-refractivity contribution in [2.75, 3.05) is 18.8 Å². The zero-order valence-electron chi connectivity index (χ0n) is 10.4. The highest BCUT2D eigenvalue weighted by molar-refractivity contribution is 7.99. The van der Waals surface area contributed by atoms with Crippen LogP contribution in [-0.2, 0) is 0 Å². The second-order valence-electron chi connectivity index (χ2n) is 3.88. The summed E-state index contributed by atoms with van der Waals surface area (Å²) in [7, 11) is 0. The van der Waals surface area contributed by atoms with Crippen LogP contribution in [0, 0.1) is 0 Å². The smallest absolute Gasteiger partial charge is 0.401 e. The van der Waals surface area contributed by atoms with Crippen LogP contribution >= 0.6 is 11.8 Å². The van der Waals surface area contributed by atoms with Crippen LogP contribution in [0.2, 0.25) is 0 Å². The summed E-state index contributed by atoms with van der Waals surface area (Å²) in [6.45, 7) is -0.778. The van der Waals surface area contributed by atoms with Gasteiger partial charge in [-0.25, -0.2) is 0 Å². The third kappa shape index (κ3) is 4.86. The standard InChI is InChI=1S/C12H12F3N3OS/c13-12(14,15)8-16-6-7-20-11-18-17-10(19-11)9-4-2-1-3-5-9/h1-5,16H,6-8H2. The highest BCUT2D eigenvalue weighted by Gasteiger charge is 2.25. The molecule has 1 N–H and O–H groups in total. The second-order valence-corrected chi connectivity index (χ2v) is 4.93. The number of rotatable bonds is 6. The van der Waals surface area contributed by atoms with E-state index in [9.17, 15) is 13.2 Å². The Hall–Kier alpha value is -1.54. The van der Waals surface area contributed by atoms with E-state index in [-0.39, 0.29) is 6.54 Å². The van der Waals surface area contributed by atoms with Gasteiger partial charge < -0.3 is 9.73 Å². The quantitative estimate of drug-likeness (QED) is 0.657. The van der Waals surface area contributed by atoms with Crippen molar-refractivity contribution in [2.45, 2.75) is 11.4 Å². The van der Waals surface area contributed by atoms with Gasteiger partial charge in [0, 0.05) is 17.9 Å². The van der Waals surface area contributed by atoms with Gasteiger partial charge in [-0.2, -0.15) is 13.2 Å². The van der Waals surface area contributed by atoms with Gasteiger partial charge in [0.25, 0.3) is 5.22 Å². The first kappa shape index (κ1) is 14.9. The average Bonchev–Trinajstić information content (AvgIpc) is 2.87. The number of nitrogens with one attached hydrogen (secondary N) is 1. The molecule has 0 aliphatic rings. The number of halogens is 3. The number of aromatic nitrogens is 2. The molecule has 2 rings (SSSR count). The summed E-state index contributed by atoms with van der Waals surface area (Å²) in [5.41, 5.74) is 0.807. The van der Waals surface area contributed by atoms with Gasteiger partial charge in [-0.1, -0.05) is 30.0 Å². The summed E-state index contributed by atoms with van der Waals surface area (Å²) in [6.07, 6.45) is -4.18. The Kier molecular flexibility index (Phi) is 5.02. The third-order valence-electron chi connectivity index (χ3n) is 2.26. The molecule has 2 aromatic rings. The molecule has 1 aromatic carbocycles. The van der Waals surface area contributed by atoms with Crippen LogP contribution in [0.3, 0.4) is 0 Å². The molecule has 1 aromatic heterocycles. The Labute approximate surface area is 117 Å². The van der Waals surface area contributed by atoms with Crippen LogP contribution in [-0.4, -0.2) is 35.2 Å². The highest BCUT2D eigenvalue weighted by atomic mass is 32.2. The molecule has 0 aliphatic heterocycles. The maximum absolute atomic E-state index is 11.9. The fourth-order valence-corrected chi connectivity index (χ4v) is 2.06. The van der Waals surface area contributed by atoms with Gasteiger partial charge in [-0.15, -0.1) is 10.2 Å². The van der Waals surface area contributed by atoms with Crippen LogP contribution in [0.25, 0.3) is 11.5 Å². The maximum Gasteiger partial charge on any atom is 0.401 e. The van der Waals surface area contributed by atoms with E-state index in [2.05, 4.69) is 15.5 Å². The molecule has 0 unspecified atom stereocenters. The first-order valence-corrected chi connectivity index (χ1v) is 6.82. The number of alkyl halides is 3. The molecule has 108 valence electrons. The first-order chi connectivity index (χ1) is 9.54. The Balaban J connectivity index is 1.76. The summed E-state index contributed by atoms with van der Waals surface area (Å²) in [6, 6.07) is 9.27. The maximum atomic E-state index is 11.9. The van der Waals surface area contributed by atoms with Crippen molar-refractivity contribution in [3.05, 3.63) is 30.3 Å². The molecule has 20 heavy (non-hydrogen) atoms. The zero-order valence-corrected chi connectivity index (χ0v) is 11.2. The highest BCUT2D eigenvalue weighted by Crippen LogP contribution is 2.22. The Morgan fingerprint density at radius 2 is 1.90 bits per heavy atom. The summed E-state index contributed by atoms with van der Waals surface area (Å²) < 4.78 is 41.1. The third-order valence-corrected chi connectivity index (χ3v) is 3.08. The predicted molar refractivity (Wildman–Crippen MR) is 69.4 cm³/mol. The lowest BCUT2D eigenvalue weighted by Crippen LogP contribution is -2.30. The molecule has 0 aliphatic carbocycles. The molecule has 8 heteroatoms. The van der Waals surface area contributed by atoms with Crippen molar-refractivity contribution in [1.82, 2.24) is 15.5 Å². The van der Waals surface area contributed by atoms with Gasteiger partial charge in [0.1, 0.15) is 0 Å². The summed E-state index contributed by atoms with van der Waals surface area (Å²) >= 11 is 1.22. The number of thioether (sulfide) groups is 1. The van der Waals surface area contributed by atoms with Gasteiger partial charge in [-0.3, -0.25) is 0 Å². The average molecular weight is 303 g/mol. The van der Waals surface area contributed by atoms with Gasteiger partial charge in [-0.05, 0) is 12.1 Å². The molecule has 0 saturated carbocycles. The van der Waals surface area contributed by atoms with Crippen LogP contribution in [0.15, 0.2) is 40.0 Å². The number of benzene rings is 1. The number of hydrogen-bond acceptors (Lipinski definition) is 5. The minimum Gasteiger partial charge on any atom is -0.411 e.